The zero-order valence-corrected chi connectivity index (χ0v) is 13.8. The van der Waals surface area contributed by atoms with E-state index in [1.807, 2.05) is 54.6 Å². The maximum Gasteiger partial charge on any atom is 0.314 e. The van der Waals surface area contributed by atoms with E-state index in [0.717, 1.165) is 36.9 Å². The third-order valence-corrected chi connectivity index (χ3v) is 4.38. The third-order valence-electron chi connectivity index (χ3n) is 4.38. The summed E-state index contributed by atoms with van der Waals surface area (Å²) in [5, 5.41) is 0. The molecule has 0 aliphatic heterocycles. The zero-order valence-electron chi connectivity index (χ0n) is 13.8. The zero-order chi connectivity index (χ0) is 16.6. The predicted molar refractivity (Wildman–Crippen MR) is 95.6 cm³/mol. The first kappa shape index (κ1) is 16.5. The van der Waals surface area contributed by atoms with Crippen LogP contribution in [0.5, 0.6) is 5.75 Å². The van der Waals surface area contributed by atoms with Crippen LogP contribution in [0.3, 0.4) is 0 Å². The normalized spacial score (nSPS) is 15.0. The molecular weight excluding hydrogens is 300 g/mol. The lowest BCUT2D eigenvalue weighted by Crippen LogP contribution is -2.23. The van der Waals surface area contributed by atoms with E-state index < -0.39 is 0 Å². The van der Waals surface area contributed by atoms with Crippen molar-refractivity contribution >= 4 is 11.7 Å². The average molecular weight is 324 g/mol. The Morgan fingerprint density at radius 1 is 0.958 bits per heavy atom. The van der Waals surface area contributed by atoms with E-state index in [-0.39, 0.29) is 11.9 Å². The van der Waals surface area contributed by atoms with Gasteiger partial charge in [0.25, 0.3) is 0 Å². The molecule has 0 atom stereocenters. The minimum Gasteiger partial charge on any atom is -0.426 e. The number of para-hydroxylation sites is 1. The fraction of sp³-hybridized carbons (Fsp3) is 0.350. The van der Waals surface area contributed by atoms with Gasteiger partial charge in [0.2, 0.25) is 0 Å². The van der Waals surface area contributed by atoms with Crippen LogP contribution in [-0.4, -0.2) is 5.97 Å². The van der Waals surface area contributed by atoms with Crippen molar-refractivity contribution in [3.05, 3.63) is 60.2 Å². The standard InChI is InChI=1S/C20H24N2O2/c23-20(17-7-3-1-4-8-17)24-19-13-11-16(12-14-19)15-21-22-18-9-5-2-6-10-18/h2,5-6,9-14,17,21-22H,1,3-4,7-8,15H2. The number of hydrogen-bond donors (Lipinski definition) is 2. The van der Waals surface area contributed by atoms with Crippen molar-refractivity contribution in [2.24, 2.45) is 5.92 Å². The van der Waals surface area contributed by atoms with E-state index in [0.29, 0.717) is 12.3 Å². The summed E-state index contributed by atoms with van der Waals surface area (Å²) in [6.07, 6.45) is 5.44. The predicted octanol–water partition coefficient (Wildman–Crippen LogP) is 4.29. The molecule has 0 unspecified atom stereocenters. The number of rotatable bonds is 6. The Labute approximate surface area is 143 Å². The summed E-state index contributed by atoms with van der Waals surface area (Å²) in [6, 6.07) is 17.6. The second kappa shape index (κ2) is 8.50. The van der Waals surface area contributed by atoms with E-state index in [9.17, 15) is 4.79 Å². The molecule has 1 aliphatic carbocycles. The molecule has 0 radical (unpaired) electrons. The maximum absolute atomic E-state index is 12.1. The van der Waals surface area contributed by atoms with E-state index in [4.69, 9.17) is 4.74 Å². The van der Waals surface area contributed by atoms with Crippen LogP contribution in [0.15, 0.2) is 54.6 Å². The molecule has 2 N–H and O–H groups in total. The number of nitrogens with one attached hydrogen (secondary N) is 2. The van der Waals surface area contributed by atoms with Gasteiger partial charge in [0.05, 0.1) is 5.92 Å². The van der Waals surface area contributed by atoms with Gasteiger partial charge in [0.15, 0.2) is 0 Å². The minimum absolute atomic E-state index is 0.0775. The van der Waals surface area contributed by atoms with Crippen molar-refractivity contribution < 1.29 is 9.53 Å². The third kappa shape index (κ3) is 4.83. The Morgan fingerprint density at radius 3 is 2.38 bits per heavy atom. The van der Waals surface area contributed by atoms with E-state index >= 15 is 0 Å². The summed E-state index contributed by atoms with van der Waals surface area (Å²) >= 11 is 0. The topological polar surface area (TPSA) is 50.4 Å². The highest BCUT2D eigenvalue weighted by Gasteiger charge is 2.22. The number of carbonyl (C=O) groups is 1. The lowest BCUT2D eigenvalue weighted by atomic mass is 9.89. The van der Waals surface area contributed by atoms with Crippen LogP contribution in [0.4, 0.5) is 5.69 Å². The summed E-state index contributed by atoms with van der Waals surface area (Å²) in [4.78, 5) is 12.1. The molecule has 4 heteroatoms. The first-order valence-corrected chi connectivity index (χ1v) is 8.66. The van der Waals surface area contributed by atoms with Gasteiger partial charge in [-0.3, -0.25) is 4.79 Å². The Balaban J connectivity index is 1.45. The molecule has 24 heavy (non-hydrogen) atoms. The number of hydrogen-bond acceptors (Lipinski definition) is 4. The average Bonchev–Trinajstić information content (AvgIpc) is 2.65. The highest BCUT2D eigenvalue weighted by Crippen LogP contribution is 2.25. The number of anilines is 1. The van der Waals surface area contributed by atoms with Crippen molar-refractivity contribution in [3.8, 4) is 5.75 Å². The molecule has 0 aromatic heterocycles. The molecule has 1 aliphatic rings. The van der Waals surface area contributed by atoms with Gasteiger partial charge in [-0.15, -0.1) is 0 Å². The molecule has 3 rings (SSSR count). The molecule has 0 bridgehead atoms. The van der Waals surface area contributed by atoms with Crippen LogP contribution in [0, 0.1) is 5.92 Å². The largest absolute Gasteiger partial charge is 0.426 e. The number of hydrazine groups is 1. The summed E-state index contributed by atoms with van der Waals surface area (Å²) in [7, 11) is 0. The van der Waals surface area contributed by atoms with Crippen LogP contribution in [0.1, 0.15) is 37.7 Å². The van der Waals surface area contributed by atoms with Crippen LogP contribution >= 0.6 is 0 Å². The van der Waals surface area contributed by atoms with Gasteiger partial charge in [-0.05, 0) is 42.7 Å². The molecule has 0 amide bonds. The van der Waals surface area contributed by atoms with Crippen molar-refractivity contribution in [2.45, 2.75) is 38.6 Å². The molecule has 4 nitrogen and oxygen atoms in total. The van der Waals surface area contributed by atoms with Gasteiger partial charge < -0.3 is 10.2 Å². The molecular formula is C20H24N2O2. The molecule has 1 fully saturated rings. The molecule has 0 spiro atoms. The van der Waals surface area contributed by atoms with Crippen molar-refractivity contribution in [2.75, 3.05) is 5.43 Å². The molecule has 2 aromatic carbocycles. The highest BCUT2D eigenvalue weighted by atomic mass is 16.5. The first-order valence-electron chi connectivity index (χ1n) is 8.66. The Bertz CT molecular complexity index is 634. The second-order valence-corrected chi connectivity index (χ2v) is 6.24. The van der Waals surface area contributed by atoms with Gasteiger partial charge in [-0.25, -0.2) is 5.43 Å². The number of esters is 1. The SMILES string of the molecule is O=C(Oc1ccc(CNNc2ccccc2)cc1)C1CCCCC1. The van der Waals surface area contributed by atoms with E-state index in [2.05, 4.69) is 10.9 Å². The Hall–Kier alpha value is -2.33. The number of carbonyl (C=O) groups excluding carboxylic acids is 1. The van der Waals surface area contributed by atoms with Gasteiger partial charge in [-0.1, -0.05) is 49.6 Å². The summed E-state index contributed by atoms with van der Waals surface area (Å²) < 4.78 is 5.51. The fourth-order valence-corrected chi connectivity index (χ4v) is 2.98. The van der Waals surface area contributed by atoms with E-state index in [1.54, 1.807) is 0 Å². The Kier molecular flexibility index (Phi) is 5.85. The van der Waals surface area contributed by atoms with Gasteiger partial charge in [0, 0.05) is 12.2 Å². The molecule has 0 saturated heterocycles. The van der Waals surface area contributed by atoms with Crippen molar-refractivity contribution in [1.29, 1.82) is 0 Å². The lowest BCUT2D eigenvalue weighted by molar-refractivity contribution is -0.139. The van der Waals surface area contributed by atoms with Crippen molar-refractivity contribution in [1.82, 2.24) is 5.43 Å². The van der Waals surface area contributed by atoms with Gasteiger partial charge in [0.1, 0.15) is 5.75 Å². The molecule has 1 saturated carbocycles. The number of ether oxygens (including phenoxy) is 1. The number of benzene rings is 2. The van der Waals surface area contributed by atoms with E-state index in [1.165, 1.54) is 6.42 Å². The van der Waals surface area contributed by atoms with Crippen LogP contribution in [0.2, 0.25) is 0 Å². The Morgan fingerprint density at radius 2 is 1.67 bits per heavy atom. The van der Waals surface area contributed by atoms with Gasteiger partial charge in [-0.2, -0.15) is 0 Å². The minimum atomic E-state index is -0.0775. The monoisotopic (exact) mass is 324 g/mol. The van der Waals surface area contributed by atoms with Gasteiger partial charge >= 0.3 is 5.97 Å². The van der Waals surface area contributed by atoms with Crippen molar-refractivity contribution in [3.63, 3.8) is 0 Å². The van der Waals surface area contributed by atoms with Crippen LogP contribution in [0.25, 0.3) is 0 Å². The lowest BCUT2D eigenvalue weighted by Gasteiger charge is -2.19. The second-order valence-electron chi connectivity index (χ2n) is 6.24. The van der Waals surface area contributed by atoms with Crippen LogP contribution in [-0.2, 0) is 11.3 Å². The summed E-state index contributed by atoms with van der Waals surface area (Å²) in [5.74, 6) is 0.631. The molecule has 126 valence electrons. The molecule has 2 aromatic rings. The van der Waals surface area contributed by atoms with Crippen LogP contribution < -0.4 is 15.6 Å². The summed E-state index contributed by atoms with van der Waals surface area (Å²) in [6.45, 7) is 0.686. The fourth-order valence-electron chi connectivity index (χ4n) is 2.98. The summed E-state index contributed by atoms with van der Waals surface area (Å²) in [5.41, 5.74) is 8.46. The first-order chi connectivity index (χ1) is 11.8. The highest BCUT2D eigenvalue weighted by molar-refractivity contribution is 5.75. The maximum atomic E-state index is 12.1. The quantitative estimate of drug-likeness (QED) is 0.473. The molecule has 0 heterocycles. The smallest absolute Gasteiger partial charge is 0.314 e.